The van der Waals surface area contributed by atoms with Crippen molar-refractivity contribution in [3.8, 4) is 0 Å². The highest BCUT2D eigenvalue weighted by atomic mass is 32.1. The van der Waals surface area contributed by atoms with E-state index in [0.717, 1.165) is 25.2 Å². The summed E-state index contributed by atoms with van der Waals surface area (Å²) in [6, 6.07) is 9.02. The Kier molecular flexibility index (Phi) is 5.76. The van der Waals surface area contributed by atoms with Gasteiger partial charge in [-0.3, -0.25) is 0 Å². The van der Waals surface area contributed by atoms with E-state index in [1.165, 1.54) is 16.1 Å². The summed E-state index contributed by atoms with van der Waals surface area (Å²) in [6.07, 6.45) is 1.16. The number of hydrogen-bond acceptors (Lipinski definition) is 4. The van der Waals surface area contributed by atoms with Crippen molar-refractivity contribution in [1.29, 1.82) is 0 Å². The van der Waals surface area contributed by atoms with Gasteiger partial charge in [0, 0.05) is 23.7 Å². The van der Waals surface area contributed by atoms with Crippen LogP contribution in [0.15, 0.2) is 29.8 Å². The second-order valence-electron chi connectivity index (χ2n) is 5.45. The predicted molar refractivity (Wildman–Crippen MR) is 92.1 cm³/mol. The van der Waals surface area contributed by atoms with Gasteiger partial charge < -0.3 is 10.2 Å². The van der Waals surface area contributed by atoms with Crippen molar-refractivity contribution in [3.63, 3.8) is 0 Å². The zero-order valence-corrected chi connectivity index (χ0v) is 14.2. The number of aryl methyl sites for hydroxylation is 1. The topological polar surface area (TPSA) is 28.2 Å². The minimum Gasteiger partial charge on any atom is -0.369 e. The van der Waals surface area contributed by atoms with Gasteiger partial charge in [0.25, 0.3) is 0 Å². The van der Waals surface area contributed by atoms with Crippen LogP contribution in [0.25, 0.3) is 0 Å². The summed E-state index contributed by atoms with van der Waals surface area (Å²) in [7, 11) is 2.16. The number of anilines is 1. The lowest BCUT2D eigenvalue weighted by Crippen LogP contribution is -2.23. The lowest BCUT2D eigenvalue weighted by Gasteiger charge is -2.25. The Morgan fingerprint density at radius 2 is 2.10 bits per heavy atom. The van der Waals surface area contributed by atoms with Gasteiger partial charge in [-0.2, -0.15) is 0 Å². The van der Waals surface area contributed by atoms with Gasteiger partial charge in [-0.1, -0.05) is 25.1 Å². The van der Waals surface area contributed by atoms with E-state index in [4.69, 9.17) is 0 Å². The molecule has 0 aliphatic heterocycles. The van der Waals surface area contributed by atoms with Crippen molar-refractivity contribution in [3.05, 3.63) is 45.9 Å². The molecule has 0 amide bonds. The van der Waals surface area contributed by atoms with Gasteiger partial charge in [-0.25, -0.2) is 4.98 Å². The molecular weight excluding hydrogens is 278 g/mol. The number of nitrogens with zero attached hydrogens (tertiary/aromatic N) is 2. The zero-order chi connectivity index (χ0) is 15.2. The lowest BCUT2D eigenvalue weighted by molar-refractivity contribution is 0.570. The van der Waals surface area contributed by atoms with E-state index in [0.29, 0.717) is 6.04 Å². The van der Waals surface area contributed by atoms with Gasteiger partial charge in [0.05, 0.1) is 17.7 Å². The zero-order valence-electron chi connectivity index (χ0n) is 13.4. The van der Waals surface area contributed by atoms with Crippen LogP contribution in [0.3, 0.4) is 0 Å². The molecule has 1 aromatic heterocycles. The maximum absolute atomic E-state index is 4.34. The molecule has 1 aromatic carbocycles. The number of hydrogen-bond donors (Lipinski definition) is 1. The average molecular weight is 303 g/mol. The molecule has 1 N–H and O–H groups in total. The van der Waals surface area contributed by atoms with Crippen LogP contribution in [-0.2, 0) is 6.54 Å². The number of thiazole rings is 1. The molecule has 0 aliphatic rings. The molecule has 1 unspecified atom stereocenters. The van der Waals surface area contributed by atoms with Crippen LogP contribution >= 0.6 is 11.3 Å². The van der Waals surface area contributed by atoms with Crippen molar-refractivity contribution in [2.24, 2.45) is 0 Å². The van der Waals surface area contributed by atoms with Crippen LogP contribution in [0.4, 0.5) is 5.69 Å². The first kappa shape index (κ1) is 16.0. The van der Waals surface area contributed by atoms with Crippen LogP contribution in [-0.4, -0.2) is 18.6 Å². The number of para-hydroxylation sites is 1. The number of nitrogens with one attached hydrogen (secondary N) is 1. The maximum Gasteiger partial charge on any atom is 0.0798 e. The molecule has 3 nitrogen and oxygen atoms in total. The molecular formula is C17H25N3S. The SMILES string of the molecule is CCCNC(C)c1ccccc1N(C)Cc1scnc1C. The molecule has 2 rings (SSSR count). The van der Waals surface area contributed by atoms with Crippen LogP contribution in [0.5, 0.6) is 0 Å². The fourth-order valence-electron chi connectivity index (χ4n) is 2.45. The molecule has 2 aromatic rings. The molecule has 4 heteroatoms. The largest absolute Gasteiger partial charge is 0.369 e. The second-order valence-corrected chi connectivity index (χ2v) is 6.39. The van der Waals surface area contributed by atoms with E-state index in [-0.39, 0.29) is 0 Å². The van der Waals surface area contributed by atoms with E-state index >= 15 is 0 Å². The summed E-state index contributed by atoms with van der Waals surface area (Å²) < 4.78 is 0. The minimum atomic E-state index is 0.367. The molecule has 0 bridgehead atoms. The molecule has 1 atom stereocenters. The Morgan fingerprint density at radius 3 is 2.76 bits per heavy atom. The highest BCUT2D eigenvalue weighted by Crippen LogP contribution is 2.27. The Balaban J connectivity index is 2.17. The maximum atomic E-state index is 4.34. The Bertz CT molecular complexity index is 565. The van der Waals surface area contributed by atoms with Gasteiger partial charge in [0.15, 0.2) is 0 Å². The Labute approximate surface area is 132 Å². The highest BCUT2D eigenvalue weighted by molar-refractivity contribution is 7.09. The molecule has 1 heterocycles. The van der Waals surface area contributed by atoms with Crippen molar-refractivity contribution >= 4 is 17.0 Å². The van der Waals surface area contributed by atoms with Crippen LogP contribution in [0, 0.1) is 6.92 Å². The summed E-state index contributed by atoms with van der Waals surface area (Å²) in [5.41, 5.74) is 5.72. The van der Waals surface area contributed by atoms with Gasteiger partial charge >= 0.3 is 0 Å². The minimum absolute atomic E-state index is 0.367. The van der Waals surface area contributed by atoms with Crippen molar-refractivity contribution in [2.75, 3.05) is 18.5 Å². The normalized spacial score (nSPS) is 12.4. The number of aromatic nitrogens is 1. The predicted octanol–water partition coefficient (Wildman–Crippen LogP) is 4.15. The molecule has 0 spiro atoms. The van der Waals surface area contributed by atoms with Gasteiger partial charge in [0.2, 0.25) is 0 Å². The molecule has 21 heavy (non-hydrogen) atoms. The average Bonchev–Trinajstić information content (AvgIpc) is 2.90. The van der Waals surface area contributed by atoms with Gasteiger partial charge in [0.1, 0.15) is 0 Å². The van der Waals surface area contributed by atoms with E-state index in [2.05, 4.69) is 67.3 Å². The molecule has 0 radical (unpaired) electrons. The van der Waals surface area contributed by atoms with Gasteiger partial charge in [-0.05, 0) is 38.4 Å². The summed E-state index contributed by atoms with van der Waals surface area (Å²) in [5.74, 6) is 0. The third-order valence-electron chi connectivity index (χ3n) is 3.74. The van der Waals surface area contributed by atoms with E-state index in [9.17, 15) is 0 Å². The summed E-state index contributed by atoms with van der Waals surface area (Å²) in [4.78, 5) is 8.00. The Morgan fingerprint density at radius 1 is 1.33 bits per heavy atom. The van der Waals surface area contributed by atoms with E-state index in [1.54, 1.807) is 11.3 Å². The Hall–Kier alpha value is -1.39. The summed E-state index contributed by atoms with van der Waals surface area (Å²) in [5, 5.41) is 3.58. The van der Waals surface area contributed by atoms with Crippen LogP contribution in [0.2, 0.25) is 0 Å². The van der Waals surface area contributed by atoms with Crippen molar-refractivity contribution in [1.82, 2.24) is 10.3 Å². The highest BCUT2D eigenvalue weighted by Gasteiger charge is 2.14. The lowest BCUT2D eigenvalue weighted by atomic mass is 10.0. The van der Waals surface area contributed by atoms with Crippen LogP contribution in [0.1, 0.15) is 42.4 Å². The van der Waals surface area contributed by atoms with E-state index in [1.807, 2.05) is 5.51 Å². The van der Waals surface area contributed by atoms with Crippen molar-refractivity contribution in [2.45, 2.75) is 39.8 Å². The second kappa shape index (κ2) is 7.57. The molecule has 0 fully saturated rings. The van der Waals surface area contributed by atoms with E-state index < -0.39 is 0 Å². The quantitative estimate of drug-likeness (QED) is 0.833. The first-order chi connectivity index (χ1) is 10.1. The fourth-order valence-corrected chi connectivity index (χ4v) is 3.28. The summed E-state index contributed by atoms with van der Waals surface area (Å²) in [6.45, 7) is 8.47. The standard InChI is InChI=1S/C17H25N3S/c1-5-10-18-13(2)15-8-6-7-9-16(15)20(4)11-17-14(3)19-12-21-17/h6-9,12-13,18H,5,10-11H2,1-4H3. The third-order valence-corrected chi connectivity index (χ3v) is 4.66. The first-order valence-electron chi connectivity index (χ1n) is 7.55. The first-order valence-corrected chi connectivity index (χ1v) is 8.43. The molecule has 0 saturated carbocycles. The number of rotatable bonds is 7. The fraction of sp³-hybridized carbons (Fsp3) is 0.471. The molecule has 0 aliphatic carbocycles. The smallest absolute Gasteiger partial charge is 0.0798 e. The number of benzene rings is 1. The van der Waals surface area contributed by atoms with Gasteiger partial charge in [-0.15, -0.1) is 11.3 Å². The van der Waals surface area contributed by atoms with Crippen LogP contribution < -0.4 is 10.2 Å². The monoisotopic (exact) mass is 303 g/mol. The molecule has 0 saturated heterocycles. The summed E-state index contributed by atoms with van der Waals surface area (Å²) >= 11 is 1.73. The van der Waals surface area contributed by atoms with Crippen molar-refractivity contribution < 1.29 is 0 Å². The third kappa shape index (κ3) is 4.05. The molecule has 114 valence electrons.